The first-order valence-electron chi connectivity index (χ1n) is 9.30. The number of hydrogen-bond donors (Lipinski definition) is 1. The van der Waals surface area contributed by atoms with E-state index < -0.39 is 16.8 Å². The van der Waals surface area contributed by atoms with Crippen molar-refractivity contribution in [2.45, 2.75) is 10.8 Å². The van der Waals surface area contributed by atoms with Crippen molar-refractivity contribution in [3.63, 3.8) is 0 Å². The zero-order chi connectivity index (χ0) is 22.2. The summed E-state index contributed by atoms with van der Waals surface area (Å²) >= 11 is 1.18. The van der Waals surface area contributed by atoms with Gasteiger partial charge in [0.2, 0.25) is 0 Å². The smallest absolute Gasteiger partial charge is 0.269 e. The van der Waals surface area contributed by atoms with Crippen molar-refractivity contribution < 1.29 is 10.0 Å². The van der Waals surface area contributed by atoms with Crippen LogP contribution < -0.4 is 0 Å². The summed E-state index contributed by atoms with van der Waals surface area (Å²) in [7, 11) is 0. The molecule has 0 saturated carbocycles. The molecule has 0 aliphatic carbocycles. The fraction of sp³-hybridized carbons (Fsp3) is 0.0833. The van der Waals surface area contributed by atoms with Gasteiger partial charge in [-0.15, -0.1) is 0 Å². The molecule has 0 saturated heterocycles. The van der Waals surface area contributed by atoms with Gasteiger partial charge in [0.1, 0.15) is 11.7 Å². The highest BCUT2D eigenvalue weighted by Crippen LogP contribution is 2.45. The van der Waals surface area contributed by atoms with Gasteiger partial charge in [-0.05, 0) is 17.7 Å². The molecule has 3 aromatic carbocycles. The monoisotopic (exact) mass is 427 g/mol. The first-order valence-corrected chi connectivity index (χ1v) is 10.1. The van der Waals surface area contributed by atoms with E-state index in [1.807, 2.05) is 36.4 Å². The predicted octanol–water partition coefficient (Wildman–Crippen LogP) is 6.06. The van der Waals surface area contributed by atoms with Gasteiger partial charge >= 0.3 is 0 Å². The molecule has 0 fully saturated rings. The number of nitro groups is 1. The Morgan fingerprint density at radius 3 is 1.97 bits per heavy atom. The highest BCUT2D eigenvalue weighted by molar-refractivity contribution is 8.03. The molecular formula is C24H17N3O3S. The number of allylic oxidation sites excluding steroid dienone is 1. The van der Waals surface area contributed by atoms with E-state index in [4.69, 9.17) is 0 Å². The van der Waals surface area contributed by atoms with Crippen molar-refractivity contribution in [3.8, 4) is 12.1 Å². The topological polar surface area (TPSA) is 111 Å². The lowest BCUT2D eigenvalue weighted by Crippen LogP contribution is -2.13. The number of nitro benzene ring substituents is 1. The summed E-state index contributed by atoms with van der Waals surface area (Å²) in [6, 6.07) is 27.9. The third kappa shape index (κ3) is 5.11. The molecule has 0 radical (unpaired) electrons. The number of thioether (sulfide) groups is 1. The van der Waals surface area contributed by atoms with Gasteiger partial charge in [-0.1, -0.05) is 72.4 Å². The van der Waals surface area contributed by atoms with Crippen LogP contribution in [0.2, 0.25) is 0 Å². The second kappa shape index (κ2) is 10.1. The van der Waals surface area contributed by atoms with Crippen molar-refractivity contribution in [2.24, 2.45) is 5.92 Å². The van der Waals surface area contributed by atoms with Crippen LogP contribution in [-0.2, 0) is 0 Å². The Kier molecular flexibility index (Phi) is 7.05. The molecule has 31 heavy (non-hydrogen) atoms. The van der Waals surface area contributed by atoms with Crippen LogP contribution in [0.1, 0.15) is 17.0 Å². The van der Waals surface area contributed by atoms with Crippen LogP contribution in [0.4, 0.5) is 5.69 Å². The van der Waals surface area contributed by atoms with Gasteiger partial charge in [0.15, 0.2) is 0 Å². The van der Waals surface area contributed by atoms with Gasteiger partial charge in [0, 0.05) is 33.4 Å². The van der Waals surface area contributed by atoms with E-state index in [1.165, 1.54) is 23.9 Å². The van der Waals surface area contributed by atoms with Crippen LogP contribution in [0.5, 0.6) is 0 Å². The molecule has 3 rings (SSSR count). The van der Waals surface area contributed by atoms with Crippen LogP contribution >= 0.6 is 11.8 Å². The zero-order valence-electron chi connectivity index (χ0n) is 16.3. The molecule has 0 aliphatic heterocycles. The number of nitriles is 2. The SMILES string of the molecule is N#CC(C#N)C(/C(Sc1ccc([N+](=O)[O-])cc1)=C(/O)c1ccccc1)c1ccccc1. The minimum absolute atomic E-state index is 0.0475. The third-order valence-electron chi connectivity index (χ3n) is 4.61. The van der Waals surface area contributed by atoms with Gasteiger partial charge < -0.3 is 5.11 Å². The third-order valence-corrected chi connectivity index (χ3v) is 5.78. The number of nitrogens with zero attached hydrogens (tertiary/aromatic N) is 3. The van der Waals surface area contributed by atoms with Crippen molar-refractivity contribution >= 4 is 23.2 Å². The van der Waals surface area contributed by atoms with E-state index in [1.54, 1.807) is 48.5 Å². The fourth-order valence-corrected chi connectivity index (χ4v) is 4.23. The van der Waals surface area contributed by atoms with Crippen molar-refractivity contribution in [2.75, 3.05) is 0 Å². The van der Waals surface area contributed by atoms with Gasteiger partial charge in [0.05, 0.1) is 17.1 Å². The molecule has 0 amide bonds. The summed E-state index contributed by atoms with van der Waals surface area (Å²) < 4.78 is 0. The molecule has 6 nitrogen and oxygen atoms in total. The molecule has 3 aromatic rings. The molecule has 0 spiro atoms. The average molecular weight is 427 g/mol. The standard InChI is InChI=1S/C24H17N3O3S/c25-15-19(16-26)22(17-7-3-1-4-8-17)24(23(28)18-9-5-2-6-10-18)31-21-13-11-20(12-14-21)27(29)30/h1-14,19,22,28H/b24-23-. The lowest BCUT2D eigenvalue weighted by Gasteiger charge is -2.23. The minimum Gasteiger partial charge on any atom is -0.506 e. The molecular weight excluding hydrogens is 410 g/mol. The second-order valence-corrected chi connectivity index (χ2v) is 7.67. The Labute approximate surface area is 183 Å². The van der Waals surface area contributed by atoms with Crippen LogP contribution in [0.15, 0.2) is 94.7 Å². The lowest BCUT2D eigenvalue weighted by atomic mass is 9.86. The summed E-state index contributed by atoms with van der Waals surface area (Å²) in [4.78, 5) is 11.5. The van der Waals surface area contributed by atoms with Gasteiger partial charge in [-0.25, -0.2) is 0 Å². The Hall–Kier alpha value is -4.07. The first-order chi connectivity index (χ1) is 15.0. The molecule has 7 heteroatoms. The highest BCUT2D eigenvalue weighted by Gasteiger charge is 2.31. The maximum atomic E-state index is 11.2. The van der Waals surface area contributed by atoms with Crippen LogP contribution in [-0.4, -0.2) is 10.0 Å². The predicted molar refractivity (Wildman–Crippen MR) is 119 cm³/mol. The summed E-state index contributed by atoms with van der Waals surface area (Å²) in [6.45, 7) is 0. The van der Waals surface area contributed by atoms with E-state index in [2.05, 4.69) is 0 Å². The summed E-state index contributed by atoms with van der Waals surface area (Å²) in [5.74, 6) is -1.81. The summed E-state index contributed by atoms with van der Waals surface area (Å²) in [6.07, 6.45) is 0. The number of aliphatic hydroxyl groups excluding tert-OH is 1. The average Bonchev–Trinajstić information content (AvgIpc) is 2.82. The Balaban J connectivity index is 2.17. The Morgan fingerprint density at radius 2 is 1.45 bits per heavy atom. The van der Waals surface area contributed by atoms with E-state index >= 15 is 0 Å². The molecule has 152 valence electrons. The lowest BCUT2D eigenvalue weighted by molar-refractivity contribution is -0.384. The second-order valence-electron chi connectivity index (χ2n) is 6.56. The number of aliphatic hydroxyl groups is 1. The molecule has 1 atom stereocenters. The van der Waals surface area contributed by atoms with E-state index in [-0.39, 0.29) is 11.4 Å². The number of benzene rings is 3. The van der Waals surface area contributed by atoms with E-state index in [0.717, 1.165) is 0 Å². The molecule has 0 heterocycles. The summed E-state index contributed by atoms with van der Waals surface area (Å²) in [5, 5.41) is 41.5. The summed E-state index contributed by atoms with van der Waals surface area (Å²) in [5.41, 5.74) is 1.21. The van der Waals surface area contributed by atoms with E-state index in [9.17, 15) is 25.7 Å². The Bertz CT molecular complexity index is 1150. The van der Waals surface area contributed by atoms with Crippen molar-refractivity contribution in [1.29, 1.82) is 10.5 Å². The molecule has 0 bridgehead atoms. The number of rotatable bonds is 7. The maximum Gasteiger partial charge on any atom is 0.269 e. The fourth-order valence-electron chi connectivity index (χ4n) is 3.09. The van der Waals surface area contributed by atoms with Gasteiger partial charge in [0.25, 0.3) is 5.69 Å². The molecule has 1 N–H and O–H groups in total. The molecule has 0 aliphatic rings. The van der Waals surface area contributed by atoms with Gasteiger partial charge in [-0.2, -0.15) is 10.5 Å². The molecule has 1 unspecified atom stereocenters. The van der Waals surface area contributed by atoms with Crippen LogP contribution in [0.25, 0.3) is 5.76 Å². The van der Waals surface area contributed by atoms with E-state index in [0.29, 0.717) is 20.9 Å². The highest BCUT2D eigenvalue weighted by atomic mass is 32.2. The quantitative estimate of drug-likeness (QED) is 0.212. The Morgan fingerprint density at radius 1 is 0.903 bits per heavy atom. The number of hydrogen-bond acceptors (Lipinski definition) is 6. The van der Waals surface area contributed by atoms with Gasteiger partial charge in [-0.3, -0.25) is 10.1 Å². The minimum atomic E-state index is -1.05. The van der Waals surface area contributed by atoms with Crippen LogP contribution in [0, 0.1) is 38.7 Å². The van der Waals surface area contributed by atoms with Crippen molar-refractivity contribution in [3.05, 3.63) is 111 Å². The first kappa shape index (κ1) is 21.6. The zero-order valence-corrected chi connectivity index (χ0v) is 17.1. The number of non-ortho nitro benzene ring substituents is 1. The van der Waals surface area contributed by atoms with Crippen molar-refractivity contribution in [1.82, 2.24) is 0 Å². The normalized spacial score (nSPS) is 12.4. The van der Waals surface area contributed by atoms with Crippen LogP contribution in [0.3, 0.4) is 0 Å². The molecule has 0 aromatic heterocycles. The largest absolute Gasteiger partial charge is 0.506 e. The maximum absolute atomic E-state index is 11.2.